The Labute approximate surface area is 162 Å². The van der Waals surface area contributed by atoms with E-state index in [-0.39, 0.29) is 0 Å². The molecule has 0 aliphatic carbocycles. The summed E-state index contributed by atoms with van der Waals surface area (Å²) in [7, 11) is 0. The van der Waals surface area contributed by atoms with Gasteiger partial charge in [0.1, 0.15) is 23.6 Å². The Balaban J connectivity index is 1.72. The summed E-state index contributed by atoms with van der Waals surface area (Å²) >= 11 is 0. The van der Waals surface area contributed by atoms with Gasteiger partial charge in [-0.15, -0.1) is 0 Å². The van der Waals surface area contributed by atoms with Crippen LogP contribution in [0.15, 0.2) is 30.5 Å². The van der Waals surface area contributed by atoms with Gasteiger partial charge in [0, 0.05) is 19.4 Å². The molecule has 0 unspecified atom stereocenters. The quantitative estimate of drug-likeness (QED) is 0.873. The van der Waals surface area contributed by atoms with E-state index in [0.29, 0.717) is 62.2 Å². The van der Waals surface area contributed by atoms with Crippen LogP contribution in [0.1, 0.15) is 24.0 Å². The highest BCUT2D eigenvalue weighted by Crippen LogP contribution is 2.37. The van der Waals surface area contributed by atoms with Gasteiger partial charge in [-0.1, -0.05) is 0 Å². The Morgan fingerprint density at radius 2 is 1.96 bits per heavy atom. The molecule has 0 spiro atoms. The van der Waals surface area contributed by atoms with Crippen LogP contribution in [-0.2, 0) is 10.2 Å². The highest BCUT2D eigenvalue weighted by atomic mass is 19.1. The fourth-order valence-electron chi connectivity index (χ4n) is 3.51. The van der Waals surface area contributed by atoms with Crippen molar-refractivity contribution in [2.75, 3.05) is 36.5 Å². The van der Waals surface area contributed by atoms with E-state index in [1.165, 1.54) is 0 Å². The van der Waals surface area contributed by atoms with Crippen LogP contribution in [0.2, 0.25) is 0 Å². The summed E-state index contributed by atoms with van der Waals surface area (Å²) < 4.78 is 18.8. The zero-order valence-electron chi connectivity index (χ0n) is 15.2. The van der Waals surface area contributed by atoms with Crippen LogP contribution in [0.5, 0.6) is 0 Å². The topological polar surface area (TPSA) is 97.9 Å². The molecule has 2 aromatic heterocycles. The summed E-state index contributed by atoms with van der Waals surface area (Å²) in [6, 6.07) is 11.5. The van der Waals surface area contributed by atoms with Crippen LogP contribution < -0.4 is 10.2 Å². The molecule has 8 heteroatoms. The first-order valence-corrected chi connectivity index (χ1v) is 9.16. The number of alkyl halides is 1. The van der Waals surface area contributed by atoms with Crippen molar-refractivity contribution in [3.8, 4) is 12.1 Å². The summed E-state index contributed by atoms with van der Waals surface area (Å²) in [5, 5.41) is 22.1. The molecule has 0 saturated carbocycles. The van der Waals surface area contributed by atoms with Gasteiger partial charge < -0.3 is 15.0 Å². The molecule has 142 valence electrons. The van der Waals surface area contributed by atoms with Crippen molar-refractivity contribution in [1.82, 2.24) is 9.97 Å². The lowest BCUT2D eigenvalue weighted by molar-refractivity contribution is 0.0675. The molecule has 0 atom stereocenters. The van der Waals surface area contributed by atoms with E-state index in [4.69, 9.17) is 10.00 Å². The Morgan fingerprint density at radius 1 is 1.18 bits per heavy atom. The predicted octanol–water partition coefficient (Wildman–Crippen LogP) is 2.82. The first-order chi connectivity index (χ1) is 13.6. The average molecular weight is 378 g/mol. The van der Waals surface area contributed by atoms with Crippen LogP contribution in [0.3, 0.4) is 0 Å². The second kappa shape index (κ2) is 7.41. The SMILES string of the molecule is N#Cc1ccnc(Nc2cc(C3(C#N)CCOCC3)cc(N3CC(F)C3)n2)c1. The molecular weight excluding hydrogens is 359 g/mol. The zero-order chi connectivity index (χ0) is 19.6. The number of ether oxygens (including phenoxy) is 1. The molecule has 0 radical (unpaired) electrons. The molecule has 28 heavy (non-hydrogen) atoms. The molecule has 2 aliphatic heterocycles. The summed E-state index contributed by atoms with van der Waals surface area (Å²) in [5.41, 5.74) is 0.660. The highest BCUT2D eigenvalue weighted by molar-refractivity contribution is 5.60. The summed E-state index contributed by atoms with van der Waals surface area (Å²) in [5.74, 6) is 1.63. The molecule has 4 rings (SSSR count). The molecule has 2 fully saturated rings. The lowest BCUT2D eigenvalue weighted by atomic mass is 9.75. The van der Waals surface area contributed by atoms with Crippen molar-refractivity contribution in [2.24, 2.45) is 0 Å². The maximum atomic E-state index is 13.4. The van der Waals surface area contributed by atoms with Crippen LogP contribution in [0.25, 0.3) is 0 Å². The van der Waals surface area contributed by atoms with E-state index in [0.717, 1.165) is 5.56 Å². The van der Waals surface area contributed by atoms with E-state index < -0.39 is 11.6 Å². The maximum absolute atomic E-state index is 13.4. The first-order valence-electron chi connectivity index (χ1n) is 9.16. The van der Waals surface area contributed by atoms with Crippen molar-refractivity contribution < 1.29 is 9.13 Å². The number of nitriles is 2. The number of rotatable bonds is 4. The Morgan fingerprint density at radius 3 is 2.64 bits per heavy atom. The highest BCUT2D eigenvalue weighted by Gasteiger charge is 2.36. The number of nitrogens with zero attached hydrogens (tertiary/aromatic N) is 5. The van der Waals surface area contributed by atoms with Crippen LogP contribution in [0, 0.1) is 22.7 Å². The van der Waals surface area contributed by atoms with E-state index >= 15 is 0 Å². The van der Waals surface area contributed by atoms with Crippen molar-refractivity contribution in [3.05, 3.63) is 41.6 Å². The lowest BCUT2D eigenvalue weighted by Gasteiger charge is -2.37. The summed E-state index contributed by atoms with van der Waals surface area (Å²) in [4.78, 5) is 10.7. The van der Waals surface area contributed by atoms with Gasteiger partial charge >= 0.3 is 0 Å². The standard InChI is InChI=1S/C20H19FN6O/c21-16-11-27(12-16)19-9-15(20(13-23)2-5-28-6-3-20)8-18(26-19)25-17-7-14(10-22)1-4-24-17/h1,4,7-9,16H,2-3,5-6,11-12H2,(H,24,25,26). The summed E-state index contributed by atoms with van der Waals surface area (Å²) in [6.07, 6.45) is 1.88. The molecule has 0 aromatic carbocycles. The van der Waals surface area contributed by atoms with Crippen molar-refractivity contribution in [2.45, 2.75) is 24.4 Å². The molecule has 4 heterocycles. The molecule has 0 amide bonds. The minimum Gasteiger partial charge on any atom is -0.381 e. The van der Waals surface area contributed by atoms with E-state index in [9.17, 15) is 9.65 Å². The molecular formula is C20H19FN6O. The molecule has 2 aliphatic rings. The number of hydrogen-bond acceptors (Lipinski definition) is 7. The molecule has 7 nitrogen and oxygen atoms in total. The van der Waals surface area contributed by atoms with Gasteiger partial charge in [-0.25, -0.2) is 14.4 Å². The average Bonchev–Trinajstić information content (AvgIpc) is 2.72. The lowest BCUT2D eigenvalue weighted by Crippen LogP contribution is -2.49. The van der Waals surface area contributed by atoms with Gasteiger partial charge in [0.05, 0.1) is 36.2 Å². The Hall–Kier alpha value is -3.23. The van der Waals surface area contributed by atoms with Crippen molar-refractivity contribution >= 4 is 17.5 Å². The van der Waals surface area contributed by atoms with E-state index in [2.05, 4.69) is 27.4 Å². The third-order valence-corrected chi connectivity index (χ3v) is 5.23. The number of nitrogens with one attached hydrogen (secondary N) is 1. The molecule has 2 saturated heterocycles. The van der Waals surface area contributed by atoms with E-state index in [1.807, 2.05) is 17.0 Å². The maximum Gasteiger partial charge on any atom is 0.135 e. The largest absolute Gasteiger partial charge is 0.381 e. The number of hydrogen-bond donors (Lipinski definition) is 1. The smallest absolute Gasteiger partial charge is 0.135 e. The van der Waals surface area contributed by atoms with E-state index in [1.54, 1.807) is 18.3 Å². The zero-order valence-corrected chi connectivity index (χ0v) is 15.2. The molecule has 2 aromatic rings. The number of aromatic nitrogens is 2. The normalized spacial score (nSPS) is 18.6. The van der Waals surface area contributed by atoms with Crippen LogP contribution >= 0.6 is 0 Å². The third kappa shape index (κ3) is 3.47. The van der Waals surface area contributed by atoms with Gasteiger partial charge in [0.2, 0.25) is 0 Å². The van der Waals surface area contributed by atoms with Crippen LogP contribution in [-0.4, -0.2) is 42.4 Å². The van der Waals surface area contributed by atoms with Gasteiger partial charge in [-0.2, -0.15) is 10.5 Å². The molecule has 1 N–H and O–H groups in total. The Bertz CT molecular complexity index is 954. The fourth-order valence-corrected chi connectivity index (χ4v) is 3.51. The van der Waals surface area contributed by atoms with Gasteiger partial charge in [-0.3, -0.25) is 0 Å². The molecule has 0 bridgehead atoms. The third-order valence-electron chi connectivity index (χ3n) is 5.23. The number of pyridine rings is 2. The second-order valence-electron chi connectivity index (χ2n) is 7.07. The van der Waals surface area contributed by atoms with Gasteiger partial charge in [-0.05, 0) is 42.7 Å². The number of halogens is 1. The van der Waals surface area contributed by atoms with Gasteiger partial charge in [0.25, 0.3) is 0 Å². The fraction of sp³-hybridized carbons (Fsp3) is 0.400. The van der Waals surface area contributed by atoms with Crippen LogP contribution in [0.4, 0.5) is 21.8 Å². The predicted molar refractivity (Wildman–Crippen MR) is 101 cm³/mol. The number of anilines is 3. The second-order valence-corrected chi connectivity index (χ2v) is 7.07. The van der Waals surface area contributed by atoms with Crippen molar-refractivity contribution in [3.63, 3.8) is 0 Å². The van der Waals surface area contributed by atoms with Gasteiger partial charge in [0.15, 0.2) is 0 Å². The first kappa shape index (κ1) is 18.1. The monoisotopic (exact) mass is 378 g/mol. The Kier molecular flexibility index (Phi) is 4.81. The summed E-state index contributed by atoms with van der Waals surface area (Å²) in [6.45, 7) is 1.63. The minimum atomic E-state index is -0.858. The van der Waals surface area contributed by atoms with Crippen molar-refractivity contribution in [1.29, 1.82) is 10.5 Å². The minimum absolute atomic E-state index is 0.292.